The summed E-state index contributed by atoms with van der Waals surface area (Å²) in [5.74, 6) is -0.0393. The van der Waals surface area contributed by atoms with Crippen molar-refractivity contribution in [3.8, 4) is 0 Å². The van der Waals surface area contributed by atoms with Crippen LogP contribution < -0.4 is 11.5 Å². The molecule has 0 aliphatic carbocycles. The van der Waals surface area contributed by atoms with Gasteiger partial charge in [0.05, 0.1) is 6.21 Å². The van der Waals surface area contributed by atoms with Crippen LogP contribution in [0.5, 0.6) is 0 Å². The molecule has 0 fully saturated rings. The maximum absolute atomic E-state index is 5.15. The van der Waals surface area contributed by atoms with Gasteiger partial charge in [-0.15, -0.1) is 5.10 Å². The van der Waals surface area contributed by atoms with Crippen LogP contribution in [0.1, 0.15) is 31.9 Å². The van der Waals surface area contributed by atoms with Gasteiger partial charge in [0, 0.05) is 0 Å². The van der Waals surface area contributed by atoms with Gasteiger partial charge in [-0.2, -0.15) is 5.10 Å². The number of nitrogens with two attached hydrogens (primary N) is 2. The van der Waals surface area contributed by atoms with Gasteiger partial charge in [0.1, 0.15) is 0 Å². The van der Waals surface area contributed by atoms with E-state index in [1.807, 2.05) is 12.1 Å². The summed E-state index contributed by atoms with van der Waals surface area (Å²) < 4.78 is 0. The average Bonchev–Trinajstić information content (AvgIpc) is 2.16. The molecule has 0 bridgehead atoms. The van der Waals surface area contributed by atoms with Crippen molar-refractivity contribution >= 4 is 12.2 Å². The normalized spacial score (nSPS) is 11.7. The fourth-order valence-corrected chi connectivity index (χ4v) is 1.23. The average molecular weight is 218 g/mol. The SMILES string of the molecule is CC(C)(C)c1ccc(C=NN=C(N)N)cc1. The monoisotopic (exact) mass is 218 g/mol. The highest BCUT2D eigenvalue weighted by Gasteiger charge is 2.12. The molecule has 0 aliphatic heterocycles. The number of benzene rings is 1. The highest BCUT2D eigenvalue weighted by atomic mass is 15.3. The molecule has 0 radical (unpaired) electrons. The van der Waals surface area contributed by atoms with Gasteiger partial charge in [-0.1, -0.05) is 45.0 Å². The smallest absolute Gasteiger partial charge is 0.211 e. The summed E-state index contributed by atoms with van der Waals surface area (Å²) in [5.41, 5.74) is 12.7. The van der Waals surface area contributed by atoms with Crippen LogP contribution in [0.15, 0.2) is 34.5 Å². The predicted octanol–water partition coefficient (Wildman–Crippen LogP) is 1.59. The van der Waals surface area contributed by atoms with E-state index >= 15 is 0 Å². The van der Waals surface area contributed by atoms with E-state index in [1.54, 1.807) is 6.21 Å². The van der Waals surface area contributed by atoms with Crippen LogP contribution in [0, 0.1) is 0 Å². The van der Waals surface area contributed by atoms with Crippen molar-refractivity contribution in [1.82, 2.24) is 0 Å². The third-order valence-corrected chi connectivity index (χ3v) is 2.16. The van der Waals surface area contributed by atoms with Crippen molar-refractivity contribution in [2.24, 2.45) is 21.7 Å². The van der Waals surface area contributed by atoms with E-state index in [2.05, 4.69) is 43.1 Å². The molecule has 4 heteroatoms. The molecule has 1 aromatic rings. The lowest BCUT2D eigenvalue weighted by molar-refractivity contribution is 0.590. The van der Waals surface area contributed by atoms with Crippen molar-refractivity contribution in [1.29, 1.82) is 0 Å². The fraction of sp³-hybridized carbons (Fsp3) is 0.333. The van der Waals surface area contributed by atoms with Crippen molar-refractivity contribution in [2.75, 3.05) is 0 Å². The van der Waals surface area contributed by atoms with Gasteiger partial charge in [-0.3, -0.25) is 0 Å². The molecule has 0 heterocycles. The third kappa shape index (κ3) is 3.73. The summed E-state index contributed by atoms with van der Waals surface area (Å²) in [4.78, 5) is 0. The standard InChI is InChI=1S/C12H18N4/c1-12(2,3)10-6-4-9(5-7-10)8-15-16-11(13)14/h4-8H,1-3H3,(H4,13,14,16). The minimum absolute atomic E-state index is 0.0393. The Kier molecular flexibility index (Phi) is 3.66. The van der Waals surface area contributed by atoms with Crippen molar-refractivity contribution in [3.63, 3.8) is 0 Å². The van der Waals surface area contributed by atoms with Gasteiger partial charge in [0.2, 0.25) is 5.96 Å². The topological polar surface area (TPSA) is 76.8 Å². The third-order valence-electron chi connectivity index (χ3n) is 2.16. The van der Waals surface area contributed by atoms with Crippen molar-refractivity contribution in [3.05, 3.63) is 35.4 Å². The van der Waals surface area contributed by atoms with E-state index in [-0.39, 0.29) is 11.4 Å². The summed E-state index contributed by atoms with van der Waals surface area (Å²) in [7, 11) is 0. The quantitative estimate of drug-likeness (QED) is 0.449. The highest BCUT2D eigenvalue weighted by molar-refractivity contribution is 5.81. The Bertz CT molecular complexity index is 392. The predicted molar refractivity (Wildman–Crippen MR) is 68.5 cm³/mol. The molecule has 0 aromatic heterocycles. The Hall–Kier alpha value is -1.84. The molecule has 4 nitrogen and oxygen atoms in total. The molecule has 1 aromatic carbocycles. The van der Waals surface area contributed by atoms with E-state index < -0.39 is 0 Å². The lowest BCUT2D eigenvalue weighted by Gasteiger charge is -2.18. The Morgan fingerprint density at radius 2 is 1.69 bits per heavy atom. The number of hydrogen-bond acceptors (Lipinski definition) is 2. The first kappa shape index (κ1) is 12.2. The van der Waals surface area contributed by atoms with Gasteiger partial charge in [0.15, 0.2) is 0 Å². The van der Waals surface area contributed by atoms with Gasteiger partial charge in [0.25, 0.3) is 0 Å². The van der Waals surface area contributed by atoms with Crippen LogP contribution in [0.4, 0.5) is 0 Å². The van der Waals surface area contributed by atoms with E-state index in [0.29, 0.717) is 0 Å². The van der Waals surface area contributed by atoms with Crippen molar-refractivity contribution < 1.29 is 0 Å². The lowest BCUT2D eigenvalue weighted by atomic mass is 9.87. The number of hydrogen-bond donors (Lipinski definition) is 2. The Balaban J connectivity index is 2.80. The van der Waals surface area contributed by atoms with Crippen LogP contribution in [0.2, 0.25) is 0 Å². The maximum atomic E-state index is 5.15. The largest absolute Gasteiger partial charge is 0.369 e. The molecule has 0 saturated carbocycles. The molecule has 4 N–H and O–H groups in total. The van der Waals surface area contributed by atoms with Crippen LogP contribution in [-0.4, -0.2) is 12.2 Å². The van der Waals surface area contributed by atoms with Crippen LogP contribution in [0.3, 0.4) is 0 Å². The van der Waals surface area contributed by atoms with Crippen LogP contribution >= 0.6 is 0 Å². The summed E-state index contributed by atoms with van der Waals surface area (Å²) in [6.07, 6.45) is 1.62. The second-order valence-corrected chi connectivity index (χ2v) is 4.64. The molecular formula is C12H18N4. The van der Waals surface area contributed by atoms with Gasteiger partial charge >= 0.3 is 0 Å². The summed E-state index contributed by atoms with van der Waals surface area (Å²) in [6, 6.07) is 8.15. The first-order valence-corrected chi connectivity index (χ1v) is 5.12. The fourth-order valence-electron chi connectivity index (χ4n) is 1.23. The highest BCUT2D eigenvalue weighted by Crippen LogP contribution is 2.21. The molecule has 0 spiro atoms. The Morgan fingerprint density at radius 3 is 2.12 bits per heavy atom. The van der Waals surface area contributed by atoms with Gasteiger partial charge < -0.3 is 11.5 Å². The maximum Gasteiger partial charge on any atom is 0.211 e. The van der Waals surface area contributed by atoms with E-state index in [4.69, 9.17) is 11.5 Å². The summed E-state index contributed by atoms with van der Waals surface area (Å²) in [6.45, 7) is 6.53. The molecule has 0 unspecified atom stereocenters. The molecule has 1 rings (SSSR count). The summed E-state index contributed by atoms with van der Waals surface area (Å²) >= 11 is 0. The van der Waals surface area contributed by atoms with E-state index in [0.717, 1.165) is 5.56 Å². The number of rotatable bonds is 2. The first-order chi connectivity index (χ1) is 7.39. The zero-order valence-electron chi connectivity index (χ0n) is 9.94. The molecule has 0 saturated heterocycles. The van der Waals surface area contributed by atoms with Crippen LogP contribution in [0.25, 0.3) is 0 Å². The molecule has 0 atom stereocenters. The lowest BCUT2D eigenvalue weighted by Crippen LogP contribution is -2.21. The molecular weight excluding hydrogens is 200 g/mol. The Morgan fingerprint density at radius 1 is 1.12 bits per heavy atom. The van der Waals surface area contributed by atoms with Gasteiger partial charge in [-0.05, 0) is 16.5 Å². The molecule has 16 heavy (non-hydrogen) atoms. The molecule has 86 valence electrons. The second kappa shape index (κ2) is 4.79. The minimum atomic E-state index is -0.0393. The van der Waals surface area contributed by atoms with E-state index in [1.165, 1.54) is 5.56 Å². The first-order valence-electron chi connectivity index (χ1n) is 5.12. The van der Waals surface area contributed by atoms with Gasteiger partial charge in [-0.25, -0.2) is 0 Å². The van der Waals surface area contributed by atoms with Crippen molar-refractivity contribution in [2.45, 2.75) is 26.2 Å². The zero-order valence-corrected chi connectivity index (χ0v) is 9.94. The summed E-state index contributed by atoms with van der Waals surface area (Å²) in [5, 5.41) is 7.28. The number of nitrogens with zero attached hydrogens (tertiary/aromatic N) is 2. The number of guanidine groups is 1. The Labute approximate surface area is 96.1 Å². The molecule has 0 aliphatic rings. The van der Waals surface area contributed by atoms with Crippen LogP contribution in [-0.2, 0) is 5.41 Å². The van der Waals surface area contributed by atoms with E-state index in [9.17, 15) is 0 Å². The second-order valence-electron chi connectivity index (χ2n) is 4.64. The molecule has 0 amide bonds. The minimum Gasteiger partial charge on any atom is -0.369 e. The zero-order chi connectivity index (χ0) is 12.2.